The highest BCUT2D eigenvalue weighted by atomic mass is 16.4. The maximum Gasteiger partial charge on any atom is 0.324 e. The Morgan fingerprint density at radius 3 is 2.33 bits per heavy atom. The van der Waals surface area contributed by atoms with Gasteiger partial charge in [0.15, 0.2) is 0 Å². The smallest absolute Gasteiger partial charge is 0.324 e. The lowest BCUT2D eigenvalue weighted by atomic mass is 9.94. The number of hydrogen-bond donors (Lipinski definition) is 2. The molecule has 88 valence electrons. The third kappa shape index (κ3) is 2.92. The Morgan fingerprint density at radius 1 is 1.47 bits per heavy atom. The van der Waals surface area contributed by atoms with E-state index in [1.807, 2.05) is 0 Å². The van der Waals surface area contributed by atoms with Gasteiger partial charge in [-0.15, -0.1) is 0 Å². The monoisotopic (exact) mass is 214 g/mol. The predicted molar refractivity (Wildman–Crippen MR) is 59.7 cm³/mol. The summed E-state index contributed by atoms with van der Waals surface area (Å²) < 4.78 is 0. The SMILES string of the molecule is C[C@@H]1CCC[C@H](C)N1CC(C)(N)C(=O)O. The molecule has 3 N–H and O–H groups in total. The van der Waals surface area contributed by atoms with Crippen molar-refractivity contribution in [3.63, 3.8) is 0 Å². The molecule has 0 saturated carbocycles. The molecule has 0 aromatic rings. The molecule has 0 aromatic heterocycles. The van der Waals surface area contributed by atoms with E-state index in [1.165, 1.54) is 6.42 Å². The Labute approximate surface area is 91.4 Å². The number of rotatable bonds is 3. The number of aliphatic carboxylic acids is 1. The molecule has 1 heterocycles. The zero-order chi connectivity index (χ0) is 11.6. The van der Waals surface area contributed by atoms with Gasteiger partial charge in [0.1, 0.15) is 5.54 Å². The van der Waals surface area contributed by atoms with Crippen molar-refractivity contribution >= 4 is 5.97 Å². The van der Waals surface area contributed by atoms with Gasteiger partial charge in [-0.05, 0) is 33.6 Å². The number of hydrogen-bond acceptors (Lipinski definition) is 3. The van der Waals surface area contributed by atoms with E-state index in [4.69, 9.17) is 10.8 Å². The molecule has 0 aliphatic carbocycles. The van der Waals surface area contributed by atoms with Crippen LogP contribution in [0.1, 0.15) is 40.0 Å². The fourth-order valence-electron chi connectivity index (χ4n) is 2.23. The van der Waals surface area contributed by atoms with Crippen LogP contribution in [-0.2, 0) is 4.79 Å². The summed E-state index contributed by atoms with van der Waals surface area (Å²) in [4.78, 5) is 13.2. The summed E-state index contributed by atoms with van der Waals surface area (Å²) in [7, 11) is 0. The average Bonchev–Trinajstić information content (AvgIpc) is 2.11. The summed E-state index contributed by atoms with van der Waals surface area (Å²) in [5.74, 6) is -0.924. The van der Waals surface area contributed by atoms with Crippen molar-refractivity contribution in [1.82, 2.24) is 4.90 Å². The van der Waals surface area contributed by atoms with Crippen molar-refractivity contribution in [1.29, 1.82) is 0 Å². The maximum atomic E-state index is 11.0. The lowest BCUT2D eigenvalue weighted by Crippen LogP contribution is -2.58. The summed E-state index contributed by atoms with van der Waals surface area (Å²) in [6, 6.07) is 0.881. The standard InChI is InChI=1S/C11H22N2O2/c1-8-5-4-6-9(2)13(8)7-11(3,12)10(14)15/h8-9H,4-7,12H2,1-3H3,(H,14,15)/t8-,9+,11?. The Morgan fingerprint density at radius 2 is 1.93 bits per heavy atom. The molecule has 0 radical (unpaired) electrons. The molecular weight excluding hydrogens is 192 g/mol. The van der Waals surface area contributed by atoms with Gasteiger partial charge in [-0.2, -0.15) is 0 Å². The van der Waals surface area contributed by atoms with E-state index >= 15 is 0 Å². The molecule has 1 fully saturated rings. The van der Waals surface area contributed by atoms with Crippen LogP contribution in [0.5, 0.6) is 0 Å². The predicted octanol–water partition coefficient (Wildman–Crippen LogP) is 1.05. The van der Waals surface area contributed by atoms with E-state index in [2.05, 4.69) is 18.7 Å². The van der Waals surface area contributed by atoms with Gasteiger partial charge in [-0.3, -0.25) is 9.69 Å². The summed E-state index contributed by atoms with van der Waals surface area (Å²) in [5, 5.41) is 8.99. The molecule has 4 heteroatoms. The Kier molecular flexibility index (Phi) is 3.73. The topological polar surface area (TPSA) is 66.6 Å². The van der Waals surface area contributed by atoms with Gasteiger partial charge in [0.25, 0.3) is 0 Å². The van der Waals surface area contributed by atoms with Crippen LogP contribution in [0.2, 0.25) is 0 Å². The van der Waals surface area contributed by atoms with Gasteiger partial charge >= 0.3 is 5.97 Å². The Balaban J connectivity index is 2.66. The molecule has 15 heavy (non-hydrogen) atoms. The van der Waals surface area contributed by atoms with Gasteiger partial charge in [0, 0.05) is 18.6 Å². The molecule has 0 spiro atoms. The third-order valence-corrected chi connectivity index (χ3v) is 3.38. The summed E-state index contributed by atoms with van der Waals surface area (Å²) in [6.45, 7) is 6.31. The van der Waals surface area contributed by atoms with E-state index in [9.17, 15) is 4.79 Å². The highest BCUT2D eigenvalue weighted by Gasteiger charge is 2.35. The average molecular weight is 214 g/mol. The van der Waals surface area contributed by atoms with E-state index in [0.29, 0.717) is 18.6 Å². The number of likely N-dealkylation sites (tertiary alicyclic amines) is 1. The quantitative estimate of drug-likeness (QED) is 0.737. The Bertz CT molecular complexity index is 231. The minimum absolute atomic E-state index is 0.435. The molecular formula is C11H22N2O2. The van der Waals surface area contributed by atoms with Crippen LogP contribution in [-0.4, -0.2) is 40.1 Å². The lowest BCUT2D eigenvalue weighted by molar-refractivity contribution is -0.144. The van der Waals surface area contributed by atoms with Crippen LogP contribution >= 0.6 is 0 Å². The van der Waals surface area contributed by atoms with E-state index in [-0.39, 0.29) is 0 Å². The zero-order valence-corrected chi connectivity index (χ0v) is 9.86. The second kappa shape index (κ2) is 4.49. The first kappa shape index (κ1) is 12.5. The van der Waals surface area contributed by atoms with Gasteiger partial charge < -0.3 is 10.8 Å². The van der Waals surface area contributed by atoms with Crippen LogP contribution in [0.4, 0.5) is 0 Å². The van der Waals surface area contributed by atoms with Crippen LogP contribution in [0.15, 0.2) is 0 Å². The van der Waals surface area contributed by atoms with Gasteiger partial charge in [0.05, 0.1) is 0 Å². The zero-order valence-electron chi connectivity index (χ0n) is 9.86. The first-order valence-corrected chi connectivity index (χ1v) is 5.62. The molecule has 0 bridgehead atoms. The summed E-state index contributed by atoms with van der Waals surface area (Å²) >= 11 is 0. The number of carboxylic acid groups (broad SMARTS) is 1. The lowest BCUT2D eigenvalue weighted by Gasteiger charge is -2.41. The molecule has 0 aromatic carbocycles. The van der Waals surface area contributed by atoms with Crippen molar-refractivity contribution in [2.75, 3.05) is 6.54 Å². The molecule has 3 atom stereocenters. The Hall–Kier alpha value is -0.610. The van der Waals surface area contributed by atoms with Crippen molar-refractivity contribution in [3.05, 3.63) is 0 Å². The first-order valence-electron chi connectivity index (χ1n) is 5.62. The van der Waals surface area contributed by atoms with Crippen molar-refractivity contribution in [2.24, 2.45) is 5.73 Å². The number of nitrogens with two attached hydrogens (primary N) is 1. The van der Waals surface area contributed by atoms with Crippen LogP contribution in [0.25, 0.3) is 0 Å². The fraction of sp³-hybridized carbons (Fsp3) is 0.909. The molecule has 1 rings (SSSR count). The van der Waals surface area contributed by atoms with E-state index in [1.54, 1.807) is 6.92 Å². The van der Waals surface area contributed by atoms with Crippen LogP contribution in [0.3, 0.4) is 0 Å². The second-order valence-corrected chi connectivity index (χ2v) is 5.02. The first-order chi connectivity index (χ1) is 6.84. The van der Waals surface area contributed by atoms with Crippen molar-refractivity contribution in [3.8, 4) is 0 Å². The van der Waals surface area contributed by atoms with E-state index < -0.39 is 11.5 Å². The van der Waals surface area contributed by atoms with Gasteiger partial charge in [0.2, 0.25) is 0 Å². The van der Waals surface area contributed by atoms with Gasteiger partial charge in [-0.1, -0.05) is 6.42 Å². The summed E-state index contributed by atoms with van der Waals surface area (Å²) in [5.41, 5.74) is 4.63. The molecule has 4 nitrogen and oxygen atoms in total. The number of nitrogens with zero attached hydrogens (tertiary/aromatic N) is 1. The molecule has 0 amide bonds. The highest BCUT2D eigenvalue weighted by molar-refractivity contribution is 5.78. The van der Waals surface area contributed by atoms with Crippen LogP contribution < -0.4 is 5.73 Å². The normalized spacial score (nSPS) is 32.3. The molecule has 1 aliphatic heterocycles. The number of carbonyl (C=O) groups is 1. The largest absolute Gasteiger partial charge is 0.480 e. The molecule has 1 saturated heterocycles. The van der Waals surface area contributed by atoms with Crippen molar-refractivity contribution < 1.29 is 9.90 Å². The molecule has 1 unspecified atom stereocenters. The number of piperidine rings is 1. The fourth-order valence-corrected chi connectivity index (χ4v) is 2.23. The maximum absolute atomic E-state index is 11.0. The van der Waals surface area contributed by atoms with Crippen molar-refractivity contribution in [2.45, 2.75) is 57.7 Å². The third-order valence-electron chi connectivity index (χ3n) is 3.38. The van der Waals surface area contributed by atoms with Crippen LogP contribution in [0, 0.1) is 0 Å². The van der Waals surface area contributed by atoms with Gasteiger partial charge in [-0.25, -0.2) is 0 Å². The number of carboxylic acids is 1. The minimum Gasteiger partial charge on any atom is -0.480 e. The highest BCUT2D eigenvalue weighted by Crippen LogP contribution is 2.23. The molecule has 1 aliphatic rings. The van der Waals surface area contributed by atoms with E-state index in [0.717, 1.165) is 12.8 Å². The summed E-state index contributed by atoms with van der Waals surface area (Å²) in [6.07, 6.45) is 3.51. The second-order valence-electron chi connectivity index (χ2n) is 5.02. The minimum atomic E-state index is -1.14.